The minimum atomic E-state index is -0.451. The van der Waals surface area contributed by atoms with Crippen molar-refractivity contribution in [1.82, 2.24) is 25.1 Å². The van der Waals surface area contributed by atoms with Gasteiger partial charge in [0.25, 0.3) is 0 Å². The summed E-state index contributed by atoms with van der Waals surface area (Å²) in [5.41, 5.74) is 1.61. The third-order valence-corrected chi connectivity index (χ3v) is 4.52. The molecule has 3 unspecified atom stereocenters. The van der Waals surface area contributed by atoms with Crippen molar-refractivity contribution in [3.8, 4) is 0 Å². The molecule has 2 saturated heterocycles. The van der Waals surface area contributed by atoms with Crippen molar-refractivity contribution in [3.63, 3.8) is 0 Å². The summed E-state index contributed by atoms with van der Waals surface area (Å²) in [6.45, 7) is 2.71. The van der Waals surface area contributed by atoms with E-state index < -0.39 is 4.65 Å². The molecule has 0 spiro atoms. The summed E-state index contributed by atoms with van der Waals surface area (Å²) < 4.78 is 5.14. The molecule has 8 heteroatoms. The van der Waals surface area contributed by atoms with Crippen molar-refractivity contribution in [3.05, 3.63) is 10.7 Å². The smallest absolute Gasteiger partial charge is 0.308 e. The first kappa shape index (κ1) is 13.3. The number of hydrogen-bond donors (Lipinski definition) is 1. The van der Waals surface area contributed by atoms with Gasteiger partial charge in [0.15, 0.2) is 6.17 Å². The number of quaternary nitrogens is 1. The molecule has 0 amide bonds. The molecule has 1 aromatic rings. The summed E-state index contributed by atoms with van der Waals surface area (Å²) in [7, 11) is 1.96. The van der Waals surface area contributed by atoms with Crippen LogP contribution in [-0.2, 0) is 4.74 Å². The Labute approximate surface area is 116 Å². The molecule has 19 heavy (non-hydrogen) atoms. The summed E-state index contributed by atoms with van der Waals surface area (Å²) >= 11 is 1.32. The second kappa shape index (κ2) is 5.39. The van der Waals surface area contributed by atoms with Gasteiger partial charge in [-0.3, -0.25) is 14.9 Å². The van der Waals surface area contributed by atoms with E-state index in [1.54, 1.807) is 5.51 Å². The van der Waals surface area contributed by atoms with Gasteiger partial charge in [0, 0.05) is 13.2 Å². The number of hydroxylamine groups is 2. The Kier molecular flexibility index (Phi) is 3.79. The Morgan fingerprint density at radius 2 is 2.58 bits per heavy atom. The molecule has 0 radical (unpaired) electrons. The molecule has 3 rings (SSSR count). The van der Waals surface area contributed by atoms with Gasteiger partial charge in [-0.2, -0.15) is 0 Å². The van der Waals surface area contributed by atoms with Crippen molar-refractivity contribution >= 4 is 16.5 Å². The van der Waals surface area contributed by atoms with Crippen LogP contribution < -0.4 is 9.96 Å². The van der Waals surface area contributed by atoms with Crippen LogP contribution in [-0.4, -0.2) is 60.8 Å². The van der Waals surface area contributed by atoms with E-state index in [1.807, 2.05) is 11.9 Å². The second-order valence-corrected chi connectivity index (χ2v) is 6.07. The zero-order chi connectivity index (χ0) is 13.3. The molecule has 0 aromatic carbocycles. The van der Waals surface area contributed by atoms with Gasteiger partial charge in [0.1, 0.15) is 12.2 Å². The number of hydrogen-bond acceptors (Lipinski definition) is 7. The molecule has 7 nitrogen and oxygen atoms in total. The standard InChI is InChI=1S/C11H19N5O2S/c1-15-6-10(12-5-9-3-2-4-18-9)16(17,8-15)11-14-13-7-19-11/h7,9-10,12H,2-6,8H2,1H3. The highest BCUT2D eigenvalue weighted by molar-refractivity contribution is 7.13. The largest absolute Gasteiger partial charge is 0.623 e. The third kappa shape index (κ3) is 2.64. The van der Waals surface area contributed by atoms with Gasteiger partial charge in [-0.1, -0.05) is 5.10 Å². The van der Waals surface area contributed by atoms with Crippen LogP contribution in [0.5, 0.6) is 0 Å². The van der Waals surface area contributed by atoms with Crippen LogP contribution in [0, 0.1) is 5.21 Å². The van der Waals surface area contributed by atoms with Crippen molar-refractivity contribution in [2.45, 2.75) is 25.1 Å². The second-order valence-electron chi connectivity index (χ2n) is 5.26. The van der Waals surface area contributed by atoms with Gasteiger partial charge in [-0.15, -0.1) is 5.10 Å². The van der Waals surface area contributed by atoms with Crippen LogP contribution in [0.4, 0.5) is 5.13 Å². The van der Waals surface area contributed by atoms with Crippen molar-refractivity contribution < 1.29 is 4.74 Å². The number of nitrogens with zero attached hydrogens (tertiary/aromatic N) is 4. The van der Waals surface area contributed by atoms with Crippen molar-refractivity contribution in [1.29, 1.82) is 0 Å². The summed E-state index contributed by atoms with van der Waals surface area (Å²) in [5, 5.41) is 24.7. The number of ether oxygens (including phenoxy) is 1. The van der Waals surface area contributed by atoms with Crippen LogP contribution in [0.1, 0.15) is 12.8 Å². The molecule has 0 bridgehead atoms. The van der Waals surface area contributed by atoms with E-state index >= 15 is 0 Å². The molecule has 0 saturated carbocycles. The number of nitrogens with one attached hydrogen (secondary N) is 1. The first-order valence-electron chi connectivity index (χ1n) is 6.57. The molecule has 1 N–H and O–H groups in total. The molecule has 0 aliphatic carbocycles. The maximum atomic E-state index is 13.0. The highest BCUT2D eigenvalue weighted by Crippen LogP contribution is 2.30. The zero-order valence-corrected chi connectivity index (χ0v) is 11.8. The van der Waals surface area contributed by atoms with Gasteiger partial charge in [0.05, 0.1) is 12.6 Å². The van der Waals surface area contributed by atoms with Crippen LogP contribution in [0.15, 0.2) is 5.51 Å². The molecule has 3 heterocycles. The highest BCUT2D eigenvalue weighted by atomic mass is 32.1. The molecule has 3 atom stereocenters. The van der Waals surface area contributed by atoms with E-state index in [-0.39, 0.29) is 12.3 Å². The lowest BCUT2D eigenvalue weighted by Crippen LogP contribution is -2.57. The lowest BCUT2D eigenvalue weighted by molar-refractivity contribution is 0.103. The zero-order valence-electron chi connectivity index (χ0n) is 11.0. The summed E-state index contributed by atoms with van der Waals surface area (Å²) in [4.78, 5) is 2.03. The Balaban J connectivity index is 1.67. The average Bonchev–Trinajstić information content (AvgIpc) is 3.07. The van der Waals surface area contributed by atoms with Gasteiger partial charge in [0.2, 0.25) is 0 Å². The maximum Gasteiger partial charge on any atom is 0.308 e. The average molecular weight is 285 g/mol. The Morgan fingerprint density at radius 3 is 3.26 bits per heavy atom. The topological polar surface area (TPSA) is 73.3 Å². The van der Waals surface area contributed by atoms with E-state index in [2.05, 4.69) is 15.5 Å². The summed E-state index contributed by atoms with van der Waals surface area (Å²) in [6, 6.07) is 0. The van der Waals surface area contributed by atoms with Crippen LogP contribution in [0.25, 0.3) is 0 Å². The first-order chi connectivity index (χ1) is 9.18. The number of aromatic nitrogens is 2. The molecule has 2 aliphatic heterocycles. The quantitative estimate of drug-likeness (QED) is 0.635. The predicted octanol–water partition coefficient (Wildman–Crippen LogP) is 0.341. The number of likely N-dealkylation sites (N-methyl/N-ethyl adjacent to an activating group) is 1. The third-order valence-electron chi connectivity index (χ3n) is 3.72. The number of rotatable bonds is 4. The van der Waals surface area contributed by atoms with Gasteiger partial charge in [-0.25, -0.2) is 0 Å². The van der Waals surface area contributed by atoms with E-state index in [0.29, 0.717) is 11.8 Å². The van der Waals surface area contributed by atoms with Crippen LogP contribution in [0.3, 0.4) is 0 Å². The van der Waals surface area contributed by atoms with E-state index in [9.17, 15) is 5.21 Å². The fourth-order valence-corrected chi connectivity index (χ4v) is 3.40. The van der Waals surface area contributed by atoms with Crippen LogP contribution >= 0.6 is 11.3 Å². The fourth-order valence-electron chi connectivity index (χ4n) is 2.75. The molecule has 106 valence electrons. The molecular formula is C11H19N5O2S. The summed E-state index contributed by atoms with van der Waals surface area (Å²) in [6.07, 6.45) is 2.24. The first-order valence-corrected chi connectivity index (χ1v) is 7.45. The normalized spacial score (nSPS) is 36.1. The SMILES string of the molecule is CN1CC(NCC2CCCO2)[N+]([O-])(c2nncs2)C1. The minimum Gasteiger partial charge on any atom is -0.623 e. The van der Waals surface area contributed by atoms with E-state index in [0.717, 1.165) is 32.5 Å². The monoisotopic (exact) mass is 285 g/mol. The Hall–Kier alpha value is -0.640. The predicted molar refractivity (Wildman–Crippen MR) is 73.3 cm³/mol. The Bertz CT molecular complexity index is 411. The van der Waals surface area contributed by atoms with Crippen molar-refractivity contribution in [2.75, 3.05) is 33.4 Å². The summed E-state index contributed by atoms with van der Waals surface area (Å²) in [5.74, 6) is 0. The highest BCUT2D eigenvalue weighted by Gasteiger charge is 2.42. The lowest BCUT2D eigenvalue weighted by atomic mass is 10.2. The van der Waals surface area contributed by atoms with Crippen LogP contribution in [0.2, 0.25) is 0 Å². The molecular weight excluding hydrogens is 266 g/mol. The van der Waals surface area contributed by atoms with Crippen molar-refractivity contribution in [2.24, 2.45) is 0 Å². The Morgan fingerprint density at radius 1 is 1.68 bits per heavy atom. The van der Waals surface area contributed by atoms with E-state index in [4.69, 9.17) is 4.74 Å². The van der Waals surface area contributed by atoms with Gasteiger partial charge < -0.3 is 9.94 Å². The molecule has 1 aromatic heterocycles. The van der Waals surface area contributed by atoms with Gasteiger partial charge >= 0.3 is 5.13 Å². The van der Waals surface area contributed by atoms with E-state index in [1.165, 1.54) is 11.3 Å². The lowest BCUT2D eigenvalue weighted by Gasteiger charge is -2.39. The molecule has 2 fully saturated rings. The maximum absolute atomic E-state index is 13.0. The van der Waals surface area contributed by atoms with Gasteiger partial charge in [-0.05, 0) is 31.2 Å². The fraction of sp³-hybridized carbons (Fsp3) is 0.818. The molecule has 2 aliphatic rings. The minimum absolute atomic E-state index is 0.192.